The van der Waals surface area contributed by atoms with Crippen LogP contribution < -0.4 is 0 Å². The Balaban J connectivity index is -0.00000000167. The zero-order valence-electron chi connectivity index (χ0n) is 3.50. The van der Waals surface area contributed by atoms with Gasteiger partial charge in [-0.25, -0.2) is 0 Å². The molecule has 0 aliphatic rings. The van der Waals surface area contributed by atoms with Gasteiger partial charge in [-0.05, 0) is 0 Å². The minimum Gasteiger partial charge on any atom is -0.358 e. The van der Waals surface area contributed by atoms with Crippen molar-refractivity contribution in [1.82, 2.24) is 0 Å². The van der Waals surface area contributed by atoms with Crippen LogP contribution in [0.4, 0.5) is 0 Å². The fourth-order valence-electron chi connectivity index (χ4n) is 0. The summed E-state index contributed by atoms with van der Waals surface area (Å²) in [5.41, 5.74) is 0. The first-order chi connectivity index (χ1) is 1.00. The van der Waals surface area contributed by atoms with E-state index in [9.17, 15) is 0 Å². The topological polar surface area (TPSA) is 0 Å². The van der Waals surface area contributed by atoms with Crippen molar-refractivity contribution in [3.63, 3.8) is 0 Å². The molecule has 0 N–H and O–H groups in total. The summed E-state index contributed by atoms with van der Waals surface area (Å²) in [6.45, 7) is 0. The van der Waals surface area contributed by atoms with Crippen LogP contribution in [0.2, 0.25) is 0 Å². The average Bonchev–Trinajstić information content (AvgIpc) is 1.00. The monoisotopic (exact) mass is 286 g/mol. The molecule has 0 unspecified atom stereocenters. The summed E-state index contributed by atoms with van der Waals surface area (Å²) in [7, 11) is 1.25. The van der Waals surface area contributed by atoms with Gasteiger partial charge in [0, 0.05) is 32.5 Å². The van der Waals surface area contributed by atoms with E-state index >= 15 is 0 Å². The van der Waals surface area contributed by atoms with Crippen LogP contribution in [0, 0.1) is 38.5 Å². The van der Waals surface area contributed by atoms with Gasteiger partial charge in [-0.15, -0.1) is 0 Å². The molecule has 0 aliphatic carbocycles. The Labute approximate surface area is 54.8 Å². The number of hydrogen-bond acceptors (Lipinski definition) is 0. The maximum absolute atomic E-state index is 5.75. The second kappa shape index (κ2) is 34.1. The molecule has 0 bridgehead atoms. The summed E-state index contributed by atoms with van der Waals surface area (Å²) in [5, 5.41) is 0. The van der Waals surface area contributed by atoms with E-state index in [2.05, 4.69) is 0 Å². The molecular weight excluding hydrogens is 274 g/mol. The molecule has 0 spiro atoms. The van der Waals surface area contributed by atoms with E-state index in [1.165, 1.54) is 7.40 Å². The Morgan fingerprint density at radius 3 is 1.25 bits per heavy atom. The van der Waals surface area contributed by atoms with E-state index in [-0.39, 0.29) is 46.0 Å². The molecule has 0 rings (SSSR count). The minimum atomic E-state index is 0. The Kier molecular flexibility index (Phi) is 168. The third-order valence-electron chi connectivity index (χ3n) is 0. The molecular formula is C3H11U-. The van der Waals surface area contributed by atoms with Gasteiger partial charge >= 0.3 is 0 Å². The average molecular weight is 286 g/mol. The van der Waals surface area contributed by atoms with Crippen molar-refractivity contribution in [2.45, 2.75) is 14.8 Å². The van der Waals surface area contributed by atoms with Crippen LogP contribution in [-0.2, 0) is 0 Å². The minimum absolute atomic E-state index is 0. The van der Waals surface area contributed by atoms with Gasteiger partial charge in [0.1, 0.15) is 0 Å². The van der Waals surface area contributed by atoms with Crippen molar-refractivity contribution in [1.29, 1.82) is 0 Å². The van der Waals surface area contributed by atoms with Crippen LogP contribution in [0.25, 0.3) is 0 Å². The van der Waals surface area contributed by atoms with Gasteiger partial charge < -0.3 is 7.43 Å². The van der Waals surface area contributed by atoms with Crippen molar-refractivity contribution in [3.8, 4) is 0 Å². The van der Waals surface area contributed by atoms with Gasteiger partial charge in [0.2, 0.25) is 0 Å². The van der Waals surface area contributed by atoms with Crippen LogP contribution in [0.15, 0.2) is 0 Å². The van der Waals surface area contributed by atoms with Crippen molar-refractivity contribution in [2.75, 3.05) is 0 Å². The molecule has 0 saturated heterocycles. The first-order valence-corrected chi connectivity index (χ1v) is 0. The molecule has 0 aromatic heterocycles. The van der Waals surface area contributed by atoms with E-state index in [1.807, 2.05) is 0 Å². The normalized spacial score (nSPS) is 1.75. The van der Waals surface area contributed by atoms with Gasteiger partial charge in [0.05, 0.1) is 0 Å². The van der Waals surface area contributed by atoms with Gasteiger partial charge in [-0.3, -0.25) is 0 Å². The number of hydrogen-bond donors (Lipinski definition) is 0. The zero-order valence-corrected chi connectivity index (χ0v) is 6.66. The molecule has 0 aromatic carbocycles. The van der Waals surface area contributed by atoms with E-state index in [1.54, 1.807) is 0 Å². The molecule has 0 nitrogen and oxygen atoms in total. The predicted octanol–water partition coefficient (Wildman–Crippen LogP) is 1.72. The third-order valence-corrected chi connectivity index (χ3v) is 0. The van der Waals surface area contributed by atoms with Gasteiger partial charge in [0.15, 0.2) is 0 Å². The van der Waals surface area contributed by atoms with E-state index in [4.69, 9.17) is 1.37 Å². The fourth-order valence-corrected chi connectivity index (χ4v) is 0. The molecule has 28 valence electrons. The molecule has 4 heavy (non-hydrogen) atoms. The molecule has 0 heterocycles. The Hall–Kier alpha value is 1.05. The maximum atomic E-state index is 5.75. The quantitative estimate of drug-likeness (QED) is 0.595. The van der Waals surface area contributed by atoms with Gasteiger partial charge in [0.25, 0.3) is 0 Å². The molecule has 0 aromatic rings. The van der Waals surface area contributed by atoms with E-state index in [0.717, 1.165) is 0 Å². The van der Waals surface area contributed by atoms with E-state index < -0.39 is 0 Å². The van der Waals surface area contributed by atoms with Crippen LogP contribution >= 0.6 is 0 Å². The van der Waals surface area contributed by atoms with Crippen LogP contribution in [0.1, 0.15) is 16.2 Å². The molecule has 0 saturated carbocycles. The standard InChI is InChI=1S/2CH4.CH3.U/h2*1H4;1H3;/q;;-1;/i1D;;;. The molecule has 0 atom stereocenters. The van der Waals surface area contributed by atoms with Crippen LogP contribution in [0.3, 0.4) is 0 Å². The molecule has 0 amide bonds. The molecule has 0 fully saturated rings. The largest absolute Gasteiger partial charge is 0.358 e. The Bertz CT molecular complexity index is 6.85. The molecule has 0 aliphatic heterocycles. The van der Waals surface area contributed by atoms with Crippen LogP contribution in [-0.4, -0.2) is 0 Å². The van der Waals surface area contributed by atoms with Crippen molar-refractivity contribution in [2.24, 2.45) is 0 Å². The van der Waals surface area contributed by atoms with E-state index in [0.29, 0.717) is 0 Å². The zero-order chi connectivity index (χ0) is 2.00. The SMILES string of the molecule is C.[2H]C.[CH3-].[U]. The van der Waals surface area contributed by atoms with Gasteiger partial charge in [-0.1, -0.05) is 14.8 Å². The molecule has 1 heteroatoms. The Morgan fingerprint density at radius 1 is 1.25 bits per heavy atom. The first-order valence-electron chi connectivity index (χ1n) is 1.00. The summed E-state index contributed by atoms with van der Waals surface area (Å²) < 4.78 is 5.75. The van der Waals surface area contributed by atoms with Crippen molar-refractivity contribution >= 4 is 0 Å². The summed E-state index contributed by atoms with van der Waals surface area (Å²) >= 11 is 0. The van der Waals surface area contributed by atoms with Crippen molar-refractivity contribution in [3.05, 3.63) is 7.43 Å². The maximum Gasteiger partial charge on any atom is 0.0194 e. The summed E-state index contributed by atoms with van der Waals surface area (Å²) in [5.74, 6) is 0. The summed E-state index contributed by atoms with van der Waals surface area (Å²) in [6, 6.07) is 0. The second-order valence-corrected chi connectivity index (χ2v) is 0. The smallest absolute Gasteiger partial charge is 0.0194 e. The second-order valence-electron chi connectivity index (χ2n) is 0. The fraction of sp³-hybridized carbons (Fsp3) is 0.667. The number of rotatable bonds is 0. The third kappa shape index (κ3) is 11.6. The van der Waals surface area contributed by atoms with Crippen molar-refractivity contribution < 1.29 is 32.5 Å². The van der Waals surface area contributed by atoms with Crippen LogP contribution in [0.5, 0.6) is 0 Å². The first kappa shape index (κ1) is 19.7. The summed E-state index contributed by atoms with van der Waals surface area (Å²) in [4.78, 5) is 0. The predicted molar refractivity (Wildman–Crippen MR) is 19.9 cm³/mol. The van der Waals surface area contributed by atoms with Gasteiger partial charge in [-0.2, -0.15) is 0 Å². The molecule has 0 radical (unpaired) electrons. The Morgan fingerprint density at radius 2 is 1.25 bits per heavy atom. The summed E-state index contributed by atoms with van der Waals surface area (Å²) in [6.07, 6.45) is 0.